The Labute approximate surface area is 171 Å². The molecular weight excluding hydrogens is 398 g/mol. The van der Waals surface area contributed by atoms with Crippen LogP contribution in [-0.2, 0) is 21.2 Å². The highest BCUT2D eigenvalue weighted by Crippen LogP contribution is 2.24. The second kappa shape index (κ2) is 9.71. The number of rotatable bonds is 8. The maximum absolute atomic E-state index is 12.2. The molecule has 0 aliphatic rings. The van der Waals surface area contributed by atoms with Crippen molar-refractivity contribution in [3.8, 4) is 0 Å². The van der Waals surface area contributed by atoms with Crippen molar-refractivity contribution >= 4 is 38.9 Å². The molecule has 0 atom stereocenters. The summed E-state index contributed by atoms with van der Waals surface area (Å²) in [7, 11) is -3.66. The molecule has 1 N–H and O–H groups in total. The van der Waals surface area contributed by atoms with Gasteiger partial charge in [-0.05, 0) is 49.9 Å². The Hall–Kier alpha value is -2.38. The van der Waals surface area contributed by atoms with Crippen LogP contribution in [0.25, 0.3) is 0 Å². The first-order chi connectivity index (χ1) is 13.2. The average molecular weight is 422 g/mol. The average Bonchev–Trinajstić information content (AvgIpc) is 2.65. The van der Waals surface area contributed by atoms with Gasteiger partial charge in [0.05, 0.1) is 11.9 Å². The molecule has 6 nitrogen and oxygen atoms in total. The van der Waals surface area contributed by atoms with E-state index >= 15 is 0 Å². The van der Waals surface area contributed by atoms with Crippen LogP contribution in [0, 0.1) is 6.92 Å². The number of amides is 1. The zero-order valence-corrected chi connectivity index (χ0v) is 17.7. The van der Waals surface area contributed by atoms with Gasteiger partial charge in [0.2, 0.25) is 10.0 Å². The van der Waals surface area contributed by atoms with E-state index in [1.807, 2.05) is 44.2 Å². The van der Waals surface area contributed by atoms with Crippen molar-refractivity contribution < 1.29 is 13.2 Å². The highest BCUT2D eigenvalue weighted by atomic mass is 35.5. The van der Waals surface area contributed by atoms with Gasteiger partial charge in [0.1, 0.15) is 6.54 Å². The van der Waals surface area contributed by atoms with Crippen LogP contribution in [0.4, 0.5) is 5.69 Å². The number of carbonyl (C=O) groups is 1. The molecule has 2 rings (SSSR count). The minimum atomic E-state index is -3.66. The number of halogens is 1. The Morgan fingerprint density at radius 1 is 1.18 bits per heavy atom. The predicted molar refractivity (Wildman–Crippen MR) is 114 cm³/mol. The maximum Gasteiger partial charge on any atom is 0.260 e. The molecule has 0 unspecified atom stereocenters. The first kappa shape index (κ1) is 21.9. The van der Waals surface area contributed by atoms with E-state index in [-0.39, 0.29) is 6.54 Å². The normalized spacial score (nSPS) is 11.9. The molecule has 1 amide bonds. The zero-order chi connectivity index (χ0) is 20.7. The first-order valence-corrected chi connectivity index (χ1v) is 11.0. The van der Waals surface area contributed by atoms with E-state index in [2.05, 4.69) is 10.5 Å². The van der Waals surface area contributed by atoms with Gasteiger partial charge in [0.15, 0.2) is 0 Å². The first-order valence-electron chi connectivity index (χ1n) is 8.76. The van der Waals surface area contributed by atoms with E-state index in [0.717, 1.165) is 28.3 Å². The van der Waals surface area contributed by atoms with Crippen molar-refractivity contribution in [1.29, 1.82) is 0 Å². The lowest BCUT2D eigenvalue weighted by Crippen LogP contribution is -2.39. The lowest BCUT2D eigenvalue weighted by Gasteiger charge is -2.22. The molecule has 2 aromatic carbocycles. The minimum absolute atomic E-state index is 0.332. The van der Waals surface area contributed by atoms with Crippen LogP contribution in [0.2, 0.25) is 5.02 Å². The van der Waals surface area contributed by atoms with Gasteiger partial charge < -0.3 is 0 Å². The summed E-state index contributed by atoms with van der Waals surface area (Å²) in [6, 6.07) is 14.8. The Balaban J connectivity index is 2.00. The van der Waals surface area contributed by atoms with Crippen LogP contribution in [0.1, 0.15) is 24.5 Å². The van der Waals surface area contributed by atoms with Crippen LogP contribution >= 0.6 is 11.6 Å². The molecule has 0 heterocycles. The topological polar surface area (TPSA) is 78.8 Å². The molecule has 2 aromatic rings. The number of benzene rings is 2. The summed E-state index contributed by atoms with van der Waals surface area (Å²) in [5.74, 6) is -0.527. The SMILES string of the molecule is C/C(CCc1ccccc1)=N/NC(=O)CN(c1ccc(C)c(Cl)c1)S(C)(=O)=O. The van der Waals surface area contributed by atoms with Gasteiger partial charge in [-0.1, -0.05) is 48.0 Å². The molecule has 150 valence electrons. The van der Waals surface area contributed by atoms with E-state index in [4.69, 9.17) is 11.6 Å². The number of hydrazone groups is 1. The van der Waals surface area contributed by atoms with E-state index < -0.39 is 15.9 Å². The van der Waals surface area contributed by atoms with E-state index in [0.29, 0.717) is 17.1 Å². The lowest BCUT2D eigenvalue weighted by molar-refractivity contribution is -0.119. The summed E-state index contributed by atoms with van der Waals surface area (Å²) in [6.07, 6.45) is 2.54. The van der Waals surface area contributed by atoms with Crippen LogP contribution in [0.3, 0.4) is 0 Å². The molecule has 0 bridgehead atoms. The molecule has 0 saturated heterocycles. The van der Waals surface area contributed by atoms with Crippen molar-refractivity contribution in [2.24, 2.45) is 5.10 Å². The smallest absolute Gasteiger partial charge is 0.260 e. The van der Waals surface area contributed by atoms with Crippen LogP contribution < -0.4 is 9.73 Å². The standard InChI is InChI=1S/C20H24ClN3O3S/c1-15-9-12-18(13-19(15)21)24(28(3,26)27)14-20(25)23-22-16(2)10-11-17-7-5-4-6-8-17/h4-9,12-13H,10-11,14H2,1-3H3,(H,23,25)/b22-16-. The van der Waals surface area contributed by atoms with E-state index in [9.17, 15) is 13.2 Å². The molecule has 8 heteroatoms. The van der Waals surface area contributed by atoms with E-state index in [1.54, 1.807) is 12.1 Å². The van der Waals surface area contributed by atoms with Crippen molar-refractivity contribution in [1.82, 2.24) is 5.43 Å². The van der Waals surface area contributed by atoms with Gasteiger partial charge >= 0.3 is 0 Å². The van der Waals surface area contributed by atoms with E-state index in [1.165, 1.54) is 11.6 Å². The number of carbonyl (C=O) groups excluding carboxylic acids is 1. The summed E-state index contributed by atoms with van der Waals surface area (Å²) in [4.78, 5) is 12.2. The number of hydrogen-bond acceptors (Lipinski definition) is 4. The highest BCUT2D eigenvalue weighted by Gasteiger charge is 2.21. The molecule has 0 aromatic heterocycles. The Morgan fingerprint density at radius 2 is 1.86 bits per heavy atom. The fourth-order valence-corrected chi connectivity index (χ4v) is 3.51. The van der Waals surface area contributed by atoms with Crippen molar-refractivity contribution in [3.63, 3.8) is 0 Å². The fraction of sp³-hybridized carbons (Fsp3) is 0.300. The van der Waals surface area contributed by atoms with Gasteiger partial charge in [-0.2, -0.15) is 5.10 Å². The van der Waals surface area contributed by atoms with Crippen molar-refractivity contribution in [3.05, 3.63) is 64.7 Å². The van der Waals surface area contributed by atoms with Crippen LogP contribution in [-0.4, -0.2) is 32.8 Å². The lowest BCUT2D eigenvalue weighted by atomic mass is 10.1. The third kappa shape index (κ3) is 6.65. The minimum Gasteiger partial charge on any atom is -0.271 e. The van der Waals surface area contributed by atoms with Gasteiger partial charge in [-0.25, -0.2) is 13.8 Å². The quantitative estimate of drug-likeness (QED) is 0.523. The van der Waals surface area contributed by atoms with Crippen LogP contribution in [0.5, 0.6) is 0 Å². The molecule has 0 fully saturated rings. The highest BCUT2D eigenvalue weighted by molar-refractivity contribution is 7.92. The van der Waals surface area contributed by atoms with Crippen LogP contribution in [0.15, 0.2) is 53.6 Å². The van der Waals surface area contributed by atoms with Gasteiger partial charge in [0, 0.05) is 10.7 Å². The molecule has 28 heavy (non-hydrogen) atoms. The zero-order valence-electron chi connectivity index (χ0n) is 16.1. The number of nitrogens with zero attached hydrogens (tertiary/aromatic N) is 2. The Bertz CT molecular complexity index is 960. The largest absolute Gasteiger partial charge is 0.271 e. The van der Waals surface area contributed by atoms with Gasteiger partial charge in [-0.15, -0.1) is 0 Å². The second-order valence-electron chi connectivity index (χ2n) is 6.57. The monoisotopic (exact) mass is 421 g/mol. The molecule has 0 radical (unpaired) electrons. The predicted octanol–water partition coefficient (Wildman–Crippen LogP) is 3.54. The molecule has 0 saturated carbocycles. The summed E-state index contributed by atoms with van der Waals surface area (Å²) >= 11 is 6.09. The Kier molecular flexibility index (Phi) is 7.60. The number of nitrogens with one attached hydrogen (secondary N) is 1. The number of sulfonamides is 1. The third-order valence-electron chi connectivity index (χ3n) is 4.12. The third-order valence-corrected chi connectivity index (χ3v) is 5.67. The Morgan fingerprint density at radius 3 is 2.46 bits per heavy atom. The molecular formula is C20H24ClN3O3S. The van der Waals surface area contributed by atoms with Crippen molar-refractivity contribution in [2.75, 3.05) is 17.1 Å². The van der Waals surface area contributed by atoms with Gasteiger partial charge in [0.25, 0.3) is 5.91 Å². The summed E-state index contributed by atoms with van der Waals surface area (Å²) in [5, 5.41) is 4.50. The summed E-state index contributed by atoms with van der Waals surface area (Å²) in [5.41, 5.74) is 5.51. The van der Waals surface area contributed by atoms with Gasteiger partial charge in [-0.3, -0.25) is 9.10 Å². The molecule has 0 aliphatic carbocycles. The number of anilines is 1. The maximum atomic E-state index is 12.2. The molecule has 0 aliphatic heterocycles. The summed E-state index contributed by atoms with van der Waals surface area (Å²) < 4.78 is 25.3. The number of hydrogen-bond donors (Lipinski definition) is 1. The summed E-state index contributed by atoms with van der Waals surface area (Å²) in [6.45, 7) is 3.25. The second-order valence-corrected chi connectivity index (χ2v) is 8.88. The van der Waals surface area contributed by atoms with Crippen molar-refractivity contribution in [2.45, 2.75) is 26.7 Å². The molecule has 0 spiro atoms. The number of aryl methyl sites for hydroxylation is 2. The fourth-order valence-electron chi connectivity index (χ4n) is 2.49.